The normalized spacial score (nSPS) is 12.4. The van der Waals surface area contributed by atoms with E-state index in [2.05, 4.69) is 70.1 Å². The fraction of sp³-hybridized carbons (Fsp3) is 0.464. The molecule has 0 aliphatic carbocycles. The fourth-order valence-electron chi connectivity index (χ4n) is 2.80. The van der Waals surface area contributed by atoms with Gasteiger partial charge in [0.25, 0.3) is 5.91 Å². The molecular weight excluding hydrogens is 426 g/mol. The maximum atomic E-state index is 10.5. The smallest absolute Gasteiger partial charge is 0.267 e. The lowest BCUT2D eigenvalue weighted by Gasteiger charge is -2.22. The zero-order chi connectivity index (χ0) is 25.6. The molecule has 0 aliphatic rings. The molecule has 1 amide bonds. The van der Waals surface area contributed by atoms with Gasteiger partial charge in [-0.1, -0.05) is 61.9 Å². The van der Waals surface area contributed by atoms with Gasteiger partial charge in [-0.25, -0.2) is 5.48 Å². The lowest BCUT2D eigenvalue weighted by molar-refractivity contribution is -0.124. The van der Waals surface area contributed by atoms with Gasteiger partial charge in [-0.05, 0) is 70.5 Å². The van der Waals surface area contributed by atoms with Crippen molar-refractivity contribution >= 4 is 12.0 Å². The van der Waals surface area contributed by atoms with Crippen LogP contribution in [0.4, 0.5) is 0 Å². The third-order valence-corrected chi connectivity index (χ3v) is 4.99. The van der Waals surface area contributed by atoms with Crippen LogP contribution in [0.25, 0.3) is 6.08 Å². The standard InChI is InChI=1S/C19H36N2O.C9H9NO2/c1-7-10-12-20-16-19(18(6)8-2)11-13-21(9-3)14-15-22-17(4)5;11-9(10-12)7-6-8-4-2-1-3-5-8/h8,10,12,16-17,20H,7,9,11,13-15H2,1-6H3;1-7,12H,(H,10,11)/b12-10+,18-8+,19-16-;7-6+. The summed E-state index contributed by atoms with van der Waals surface area (Å²) in [6.45, 7) is 16.7. The number of likely N-dealkylation sites (N-methyl/N-ethyl adjacent to an activating group) is 1. The summed E-state index contributed by atoms with van der Waals surface area (Å²) in [6.07, 6.45) is 13.7. The van der Waals surface area contributed by atoms with E-state index in [1.165, 1.54) is 22.7 Å². The maximum absolute atomic E-state index is 10.5. The molecule has 6 nitrogen and oxygen atoms in total. The predicted octanol–water partition coefficient (Wildman–Crippen LogP) is 5.69. The van der Waals surface area contributed by atoms with Gasteiger partial charge in [0.15, 0.2) is 0 Å². The minimum atomic E-state index is -0.529. The van der Waals surface area contributed by atoms with E-state index in [1.54, 1.807) is 6.08 Å². The summed E-state index contributed by atoms with van der Waals surface area (Å²) in [4.78, 5) is 13.0. The molecule has 0 aromatic heterocycles. The molecule has 0 atom stereocenters. The van der Waals surface area contributed by atoms with E-state index in [0.717, 1.165) is 44.6 Å². The first kappa shape index (κ1) is 31.3. The first-order valence-electron chi connectivity index (χ1n) is 12.1. The minimum Gasteiger partial charge on any atom is -0.377 e. The topological polar surface area (TPSA) is 73.8 Å². The molecule has 0 aliphatic heterocycles. The molecule has 3 N–H and O–H groups in total. The third-order valence-electron chi connectivity index (χ3n) is 4.99. The van der Waals surface area contributed by atoms with E-state index in [4.69, 9.17) is 9.94 Å². The number of ether oxygens (including phenoxy) is 1. The van der Waals surface area contributed by atoms with Crippen LogP contribution in [0.2, 0.25) is 0 Å². The molecule has 1 aromatic rings. The Morgan fingerprint density at radius 3 is 2.44 bits per heavy atom. The van der Waals surface area contributed by atoms with Crippen LogP contribution in [0.5, 0.6) is 0 Å². The Bertz CT molecular complexity index is 768. The number of carbonyl (C=O) groups excluding carboxylic acids is 1. The van der Waals surface area contributed by atoms with Gasteiger partial charge in [0, 0.05) is 25.4 Å². The van der Waals surface area contributed by atoms with Crippen LogP contribution in [-0.4, -0.2) is 48.4 Å². The Morgan fingerprint density at radius 1 is 1.18 bits per heavy atom. The van der Waals surface area contributed by atoms with E-state index in [-0.39, 0.29) is 0 Å². The molecule has 6 heteroatoms. The molecule has 1 rings (SSSR count). The zero-order valence-electron chi connectivity index (χ0n) is 21.9. The summed E-state index contributed by atoms with van der Waals surface area (Å²) < 4.78 is 5.65. The summed E-state index contributed by atoms with van der Waals surface area (Å²) in [7, 11) is 0. The van der Waals surface area contributed by atoms with E-state index in [9.17, 15) is 4.79 Å². The molecule has 34 heavy (non-hydrogen) atoms. The Morgan fingerprint density at radius 2 is 1.88 bits per heavy atom. The number of hydroxylamine groups is 1. The molecule has 0 spiro atoms. The van der Waals surface area contributed by atoms with Gasteiger partial charge in [0.2, 0.25) is 0 Å². The van der Waals surface area contributed by atoms with Crippen LogP contribution in [-0.2, 0) is 9.53 Å². The second-order valence-electron chi connectivity index (χ2n) is 7.94. The SMILES string of the molecule is C/C=C(C)/C(=C\N/C=C/CC)CCN(CC)CCOC(C)C.O=C(/C=C/c1ccccc1)NO. The molecule has 0 radical (unpaired) electrons. The number of benzene rings is 1. The molecule has 0 saturated carbocycles. The number of hydrogen-bond donors (Lipinski definition) is 3. The zero-order valence-corrected chi connectivity index (χ0v) is 21.9. The minimum absolute atomic E-state index is 0.314. The van der Waals surface area contributed by atoms with Gasteiger partial charge >= 0.3 is 0 Å². The highest BCUT2D eigenvalue weighted by Gasteiger charge is 2.06. The second kappa shape index (κ2) is 20.9. The van der Waals surface area contributed by atoms with Crippen molar-refractivity contribution < 1.29 is 14.7 Å². The summed E-state index contributed by atoms with van der Waals surface area (Å²) >= 11 is 0. The van der Waals surface area contributed by atoms with E-state index in [0.29, 0.717) is 6.10 Å². The van der Waals surface area contributed by atoms with Crippen LogP contribution in [0, 0.1) is 0 Å². The molecule has 0 saturated heterocycles. The van der Waals surface area contributed by atoms with Crippen molar-refractivity contribution in [2.75, 3.05) is 26.2 Å². The first-order chi connectivity index (χ1) is 16.4. The third kappa shape index (κ3) is 16.9. The van der Waals surface area contributed by atoms with E-state index < -0.39 is 5.91 Å². The molecule has 0 fully saturated rings. The molecular formula is C28H45N3O3. The first-order valence-corrected chi connectivity index (χ1v) is 12.1. The lowest BCUT2D eigenvalue weighted by Crippen LogP contribution is -2.29. The molecule has 0 bridgehead atoms. The maximum Gasteiger partial charge on any atom is 0.267 e. The molecule has 0 unspecified atom stereocenters. The van der Waals surface area contributed by atoms with Crippen LogP contribution in [0.15, 0.2) is 72.1 Å². The van der Waals surface area contributed by atoms with Crippen molar-refractivity contribution in [1.82, 2.24) is 15.7 Å². The van der Waals surface area contributed by atoms with Crippen molar-refractivity contribution in [1.29, 1.82) is 0 Å². The van der Waals surface area contributed by atoms with Gasteiger partial charge in [0.05, 0.1) is 12.7 Å². The monoisotopic (exact) mass is 471 g/mol. The molecule has 0 heterocycles. The number of allylic oxidation sites excluding steroid dienone is 3. The van der Waals surface area contributed by atoms with Crippen LogP contribution >= 0.6 is 0 Å². The van der Waals surface area contributed by atoms with Gasteiger partial charge < -0.3 is 15.0 Å². The number of carbonyl (C=O) groups is 1. The second-order valence-corrected chi connectivity index (χ2v) is 7.94. The van der Waals surface area contributed by atoms with Crippen molar-refractivity contribution in [3.63, 3.8) is 0 Å². The van der Waals surface area contributed by atoms with Gasteiger partial charge in [0.1, 0.15) is 0 Å². The van der Waals surface area contributed by atoms with Crippen molar-refractivity contribution in [2.24, 2.45) is 0 Å². The van der Waals surface area contributed by atoms with Crippen LogP contribution < -0.4 is 10.8 Å². The number of rotatable bonds is 14. The fourth-order valence-corrected chi connectivity index (χ4v) is 2.80. The molecule has 190 valence electrons. The average Bonchev–Trinajstić information content (AvgIpc) is 2.85. The quantitative estimate of drug-likeness (QED) is 0.141. The van der Waals surface area contributed by atoms with Crippen molar-refractivity contribution in [3.8, 4) is 0 Å². The largest absolute Gasteiger partial charge is 0.377 e. The molecule has 1 aromatic carbocycles. The highest BCUT2D eigenvalue weighted by molar-refractivity contribution is 5.90. The van der Waals surface area contributed by atoms with Crippen LogP contribution in [0.1, 0.15) is 59.9 Å². The number of nitrogens with one attached hydrogen (secondary N) is 2. The Balaban J connectivity index is 0.000000757. The summed E-state index contributed by atoms with van der Waals surface area (Å²) in [5.74, 6) is -0.529. The Hall–Kier alpha value is -2.67. The van der Waals surface area contributed by atoms with Crippen LogP contribution in [0.3, 0.4) is 0 Å². The highest BCUT2D eigenvalue weighted by Crippen LogP contribution is 2.13. The number of amides is 1. The lowest BCUT2D eigenvalue weighted by atomic mass is 10.1. The summed E-state index contributed by atoms with van der Waals surface area (Å²) in [5.41, 5.74) is 5.13. The average molecular weight is 472 g/mol. The van der Waals surface area contributed by atoms with E-state index >= 15 is 0 Å². The number of nitrogens with zero attached hydrogens (tertiary/aromatic N) is 1. The van der Waals surface area contributed by atoms with E-state index in [1.807, 2.05) is 36.5 Å². The Labute approximate surface area is 207 Å². The van der Waals surface area contributed by atoms with Crippen molar-refractivity contribution in [3.05, 3.63) is 77.7 Å². The highest BCUT2D eigenvalue weighted by atomic mass is 16.5. The Kier molecular flexibility index (Phi) is 19.3. The van der Waals surface area contributed by atoms with Crippen molar-refractivity contribution in [2.45, 2.75) is 60.5 Å². The van der Waals surface area contributed by atoms with Gasteiger partial charge in [-0.2, -0.15) is 0 Å². The summed E-state index contributed by atoms with van der Waals surface area (Å²) in [5, 5.41) is 11.4. The summed E-state index contributed by atoms with van der Waals surface area (Å²) in [6, 6.07) is 9.36. The van der Waals surface area contributed by atoms with Gasteiger partial charge in [-0.15, -0.1) is 0 Å². The number of hydrogen-bond acceptors (Lipinski definition) is 5. The van der Waals surface area contributed by atoms with Gasteiger partial charge in [-0.3, -0.25) is 10.0 Å². The predicted molar refractivity (Wildman–Crippen MR) is 143 cm³/mol.